The Morgan fingerprint density at radius 3 is 2.61 bits per heavy atom. The molecule has 2 aromatic carbocycles. The van der Waals surface area contributed by atoms with E-state index < -0.39 is 0 Å². The second kappa shape index (κ2) is 9.58. The molecule has 158 valence electrons. The number of hydrogen-bond acceptors (Lipinski definition) is 10. The Labute approximate surface area is 185 Å². The second-order valence-corrected chi connectivity index (χ2v) is 8.25. The smallest absolute Gasteiger partial charge is 0.257 e. The number of hydrogen-bond donors (Lipinski definition) is 1. The Morgan fingerprint density at radius 2 is 1.84 bits per heavy atom. The highest BCUT2D eigenvalue weighted by molar-refractivity contribution is 8.00. The van der Waals surface area contributed by atoms with Gasteiger partial charge in [0.05, 0.1) is 20.0 Å². The highest BCUT2D eigenvalue weighted by Gasteiger charge is 2.15. The van der Waals surface area contributed by atoms with Gasteiger partial charge in [-0.25, -0.2) is 0 Å². The lowest BCUT2D eigenvalue weighted by Crippen LogP contribution is -2.11. The van der Waals surface area contributed by atoms with Crippen molar-refractivity contribution in [2.45, 2.75) is 10.1 Å². The number of carbonyl (C=O) groups is 1. The van der Waals surface area contributed by atoms with E-state index in [9.17, 15) is 4.79 Å². The van der Waals surface area contributed by atoms with Crippen LogP contribution in [-0.4, -0.2) is 40.5 Å². The van der Waals surface area contributed by atoms with E-state index >= 15 is 0 Å². The second-order valence-electron chi connectivity index (χ2n) is 6.05. The predicted octanol–water partition coefficient (Wildman–Crippen LogP) is 4.15. The fourth-order valence-corrected chi connectivity index (χ4v) is 4.18. The number of carbonyl (C=O) groups excluding carboxylic acids is 1. The summed E-state index contributed by atoms with van der Waals surface area (Å²) >= 11 is 2.66. The van der Waals surface area contributed by atoms with Gasteiger partial charge in [-0.15, -0.1) is 20.4 Å². The molecule has 1 amide bonds. The molecule has 0 aliphatic carbocycles. The first-order chi connectivity index (χ1) is 15.2. The zero-order valence-electron chi connectivity index (χ0n) is 16.6. The number of nitrogens with one attached hydrogen (secondary N) is 1. The third kappa shape index (κ3) is 5.01. The summed E-state index contributed by atoms with van der Waals surface area (Å²) in [6, 6.07) is 14.5. The van der Waals surface area contributed by atoms with Gasteiger partial charge in [-0.3, -0.25) is 10.1 Å². The summed E-state index contributed by atoms with van der Waals surface area (Å²) in [7, 11) is 3.05. The van der Waals surface area contributed by atoms with Crippen molar-refractivity contribution < 1.29 is 18.7 Å². The standard InChI is InChI=1S/C20H17N5O4S2/c1-27-14-9-8-13(10-15(14)28-2)17(26)21-19-24-25-20(31-19)30-11-16-22-23-18(29-16)12-6-4-3-5-7-12/h3-10H,11H2,1-2H3,(H,21,24,26). The number of aromatic nitrogens is 4. The maximum Gasteiger partial charge on any atom is 0.257 e. The van der Waals surface area contributed by atoms with E-state index in [0.717, 1.165) is 5.56 Å². The number of amides is 1. The molecule has 4 aromatic rings. The van der Waals surface area contributed by atoms with Crippen LogP contribution in [0.1, 0.15) is 16.2 Å². The number of rotatable bonds is 8. The van der Waals surface area contributed by atoms with Crippen LogP contribution < -0.4 is 14.8 Å². The Bertz CT molecular complexity index is 1180. The van der Waals surface area contributed by atoms with E-state index in [-0.39, 0.29) is 5.91 Å². The maximum atomic E-state index is 12.5. The Balaban J connectivity index is 1.35. The zero-order valence-corrected chi connectivity index (χ0v) is 18.2. The van der Waals surface area contributed by atoms with Crippen LogP contribution >= 0.6 is 23.1 Å². The zero-order chi connectivity index (χ0) is 21.6. The largest absolute Gasteiger partial charge is 0.493 e. The van der Waals surface area contributed by atoms with Crippen LogP contribution in [-0.2, 0) is 5.75 Å². The highest BCUT2D eigenvalue weighted by Crippen LogP contribution is 2.30. The van der Waals surface area contributed by atoms with E-state index in [2.05, 4.69) is 25.7 Å². The number of benzene rings is 2. The lowest BCUT2D eigenvalue weighted by atomic mass is 10.2. The van der Waals surface area contributed by atoms with Crippen LogP contribution in [0.25, 0.3) is 11.5 Å². The molecule has 2 heterocycles. The van der Waals surface area contributed by atoms with Crippen molar-refractivity contribution in [2.75, 3.05) is 19.5 Å². The molecule has 11 heteroatoms. The number of ether oxygens (including phenoxy) is 2. The third-order valence-corrected chi connectivity index (χ3v) is 6.04. The van der Waals surface area contributed by atoms with Gasteiger partial charge in [0.15, 0.2) is 15.8 Å². The van der Waals surface area contributed by atoms with Crippen molar-refractivity contribution in [1.29, 1.82) is 0 Å². The number of nitrogens with zero attached hydrogens (tertiary/aromatic N) is 4. The fraction of sp³-hybridized carbons (Fsp3) is 0.150. The molecule has 0 saturated heterocycles. The molecule has 0 unspecified atom stereocenters. The molecule has 31 heavy (non-hydrogen) atoms. The van der Waals surface area contributed by atoms with Crippen molar-refractivity contribution in [2.24, 2.45) is 0 Å². The Kier molecular flexibility index (Phi) is 6.43. The van der Waals surface area contributed by atoms with E-state index in [0.29, 0.717) is 44.1 Å². The molecule has 0 spiro atoms. The number of thioether (sulfide) groups is 1. The summed E-state index contributed by atoms with van der Waals surface area (Å²) in [6.07, 6.45) is 0. The molecule has 2 aromatic heterocycles. The van der Waals surface area contributed by atoms with E-state index in [4.69, 9.17) is 13.9 Å². The minimum atomic E-state index is -0.321. The van der Waals surface area contributed by atoms with Gasteiger partial charge in [-0.2, -0.15) is 0 Å². The van der Waals surface area contributed by atoms with Gasteiger partial charge >= 0.3 is 0 Å². The summed E-state index contributed by atoms with van der Waals surface area (Å²) in [4.78, 5) is 12.5. The van der Waals surface area contributed by atoms with Crippen LogP contribution in [0.2, 0.25) is 0 Å². The van der Waals surface area contributed by atoms with Gasteiger partial charge < -0.3 is 13.9 Å². The summed E-state index contributed by atoms with van der Waals surface area (Å²) in [5.74, 6) is 2.09. The predicted molar refractivity (Wildman–Crippen MR) is 117 cm³/mol. The monoisotopic (exact) mass is 455 g/mol. The number of anilines is 1. The highest BCUT2D eigenvalue weighted by atomic mass is 32.2. The van der Waals surface area contributed by atoms with Crippen LogP contribution in [0.3, 0.4) is 0 Å². The molecular weight excluding hydrogens is 438 g/mol. The Morgan fingerprint density at radius 1 is 1.03 bits per heavy atom. The molecule has 0 atom stereocenters. The summed E-state index contributed by atoms with van der Waals surface area (Å²) < 4.78 is 16.8. The first-order valence-electron chi connectivity index (χ1n) is 9.03. The number of methoxy groups -OCH3 is 2. The van der Waals surface area contributed by atoms with Crippen LogP contribution in [0.5, 0.6) is 11.5 Å². The first-order valence-corrected chi connectivity index (χ1v) is 10.8. The molecule has 9 nitrogen and oxygen atoms in total. The molecule has 0 bridgehead atoms. The third-order valence-electron chi connectivity index (χ3n) is 4.08. The van der Waals surface area contributed by atoms with E-state index in [1.54, 1.807) is 18.2 Å². The van der Waals surface area contributed by atoms with Crippen molar-refractivity contribution in [3.63, 3.8) is 0 Å². The van der Waals surface area contributed by atoms with Gasteiger partial charge in [-0.1, -0.05) is 41.3 Å². The quantitative estimate of drug-likeness (QED) is 0.309. The van der Waals surface area contributed by atoms with Gasteiger partial charge in [0, 0.05) is 11.1 Å². The molecule has 0 saturated carbocycles. The molecule has 4 rings (SSSR count). The van der Waals surface area contributed by atoms with Gasteiger partial charge in [0.25, 0.3) is 5.91 Å². The molecular formula is C20H17N5O4S2. The van der Waals surface area contributed by atoms with Crippen molar-refractivity contribution in [1.82, 2.24) is 20.4 Å². The van der Waals surface area contributed by atoms with Crippen molar-refractivity contribution in [3.8, 4) is 23.0 Å². The lowest BCUT2D eigenvalue weighted by Gasteiger charge is -2.08. The van der Waals surface area contributed by atoms with Crippen molar-refractivity contribution in [3.05, 3.63) is 60.0 Å². The summed E-state index contributed by atoms with van der Waals surface area (Å²) in [5, 5.41) is 19.3. The first kappa shape index (κ1) is 20.8. The van der Waals surface area contributed by atoms with E-state index in [1.807, 2.05) is 30.3 Å². The van der Waals surface area contributed by atoms with Gasteiger partial charge in [0.1, 0.15) is 0 Å². The van der Waals surface area contributed by atoms with Crippen LogP contribution in [0, 0.1) is 0 Å². The molecule has 0 aliphatic rings. The topological polar surface area (TPSA) is 112 Å². The lowest BCUT2D eigenvalue weighted by molar-refractivity contribution is 0.102. The van der Waals surface area contributed by atoms with Crippen LogP contribution in [0.4, 0.5) is 5.13 Å². The summed E-state index contributed by atoms with van der Waals surface area (Å²) in [5.41, 5.74) is 1.28. The van der Waals surface area contributed by atoms with Gasteiger partial charge in [0.2, 0.25) is 16.9 Å². The molecule has 0 radical (unpaired) electrons. The molecule has 0 fully saturated rings. The van der Waals surface area contributed by atoms with E-state index in [1.165, 1.54) is 37.3 Å². The van der Waals surface area contributed by atoms with Crippen LogP contribution in [0.15, 0.2) is 57.3 Å². The average molecular weight is 456 g/mol. The minimum Gasteiger partial charge on any atom is -0.493 e. The Hall–Kier alpha value is -3.44. The SMILES string of the molecule is COc1ccc(C(=O)Nc2nnc(SCc3nnc(-c4ccccc4)o3)s2)cc1OC. The molecule has 1 N–H and O–H groups in total. The average Bonchev–Trinajstić information content (AvgIpc) is 3.47. The maximum absolute atomic E-state index is 12.5. The fourth-order valence-electron chi connectivity index (χ4n) is 2.60. The van der Waals surface area contributed by atoms with Crippen molar-refractivity contribution >= 4 is 34.1 Å². The van der Waals surface area contributed by atoms with Gasteiger partial charge in [-0.05, 0) is 30.3 Å². The normalized spacial score (nSPS) is 10.6. The minimum absolute atomic E-state index is 0.321. The molecule has 0 aliphatic heterocycles. The summed E-state index contributed by atoms with van der Waals surface area (Å²) in [6.45, 7) is 0.